The van der Waals surface area contributed by atoms with Crippen molar-refractivity contribution in [3.05, 3.63) is 0 Å². The van der Waals surface area contributed by atoms with Crippen LogP contribution >= 0.6 is 0 Å². The molecule has 0 fully saturated rings. The minimum absolute atomic E-state index is 0.0501. The molecule has 1 unspecified atom stereocenters. The number of nitrogens with zero attached hydrogens (tertiary/aromatic N) is 1. The van der Waals surface area contributed by atoms with Gasteiger partial charge in [0.2, 0.25) is 0 Å². The van der Waals surface area contributed by atoms with Crippen molar-refractivity contribution in [2.75, 3.05) is 20.1 Å². The summed E-state index contributed by atoms with van der Waals surface area (Å²) in [7, 11) is 2.28. The Morgan fingerprint density at radius 1 is 0.429 bits per heavy atom. The third-order valence-corrected chi connectivity index (χ3v) is 12.6. The van der Waals surface area contributed by atoms with E-state index in [2.05, 4.69) is 39.6 Å². The van der Waals surface area contributed by atoms with Crippen molar-refractivity contribution in [1.82, 2.24) is 4.90 Å². The van der Waals surface area contributed by atoms with E-state index in [1.165, 1.54) is 231 Å². The van der Waals surface area contributed by atoms with E-state index in [0.29, 0.717) is 6.42 Å². The van der Waals surface area contributed by atoms with Crippen LogP contribution in [0.4, 0.5) is 0 Å². The maximum Gasteiger partial charge on any atom is 0.306 e. The first-order chi connectivity index (χ1) is 27.5. The molecule has 0 saturated carbocycles. The van der Waals surface area contributed by atoms with Crippen LogP contribution in [0, 0.1) is 5.92 Å². The van der Waals surface area contributed by atoms with Gasteiger partial charge in [0.25, 0.3) is 0 Å². The van der Waals surface area contributed by atoms with Gasteiger partial charge in [-0.2, -0.15) is 0 Å². The fourth-order valence-corrected chi connectivity index (χ4v) is 8.71. The molecule has 0 spiro atoms. The van der Waals surface area contributed by atoms with Crippen LogP contribution in [0.3, 0.4) is 0 Å². The number of esters is 1. The lowest BCUT2D eigenvalue weighted by atomic mass is 9.88. The lowest BCUT2D eigenvalue weighted by Crippen LogP contribution is -2.20. The molecule has 4 nitrogen and oxygen atoms in total. The Morgan fingerprint density at radius 3 is 1.16 bits per heavy atom. The zero-order valence-corrected chi connectivity index (χ0v) is 39.3. The summed E-state index contributed by atoms with van der Waals surface area (Å²) >= 11 is 0. The molecule has 0 bridgehead atoms. The largest absolute Gasteiger partial charge is 0.462 e. The number of aliphatic hydroxyl groups excluding tert-OH is 1. The smallest absolute Gasteiger partial charge is 0.306 e. The van der Waals surface area contributed by atoms with E-state index in [1.54, 1.807) is 0 Å². The lowest BCUT2D eigenvalue weighted by molar-refractivity contribution is -0.150. The van der Waals surface area contributed by atoms with Crippen LogP contribution in [0.15, 0.2) is 0 Å². The number of hydrogen-bond donors (Lipinski definition) is 1. The molecule has 56 heavy (non-hydrogen) atoms. The summed E-state index contributed by atoms with van der Waals surface area (Å²) in [5.41, 5.74) is 0. The van der Waals surface area contributed by atoms with Crippen LogP contribution in [0.25, 0.3) is 0 Å². The molecular formula is C52H105NO3. The highest BCUT2D eigenvalue weighted by Gasteiger charge is 2.16. The maximum atomic E-state index is 12.7. The van der Waals surface area contributed by atoms with Gasteiger partial charge in [-0.25, -0.2) is 0 Å². The summed E-state index contributed by atoms with van der Waals surface area (Å²) in [6.45, 7) is 11.5. The van der Waals surface area contributed by atoms with Crippen molar-refractivity contribution in [3.63, 3.8) is 0 Å². The minimum atomic E-state index is -0.0908. The van der Waals surface area contributed by atoms with Crippen LogP contribution in [-0.4, -0.2) is 48.3 Å². The van der Waals surface area contributed by atoms with Gasteiger partial charge in [0, 0.05) is 6.42 Å². The molecule has 0 aliphatic heterocycles. The van der Waals surface area contributed by atoms with Gasteiger partial charge < -0.3 is 14.7 Å². The van der Waals surface area contributed by atoms with Gasteiger partial charge in [-0.1, -0.05) is 227 Å². The summed E-state index contributed by atoms with van der Waals surface area (Å²) in [4.78, 5) is 15.2. The molecule has 1 atom stereocenters. The fourth-order valence-electron chi connectivity index (χ4n) is 8.71. The predicted molar refractivity (Wildman–Crippen MR) is 249 cm³/mol. The SMILES string of the molecule is CCCCCCCCC(CCCCCCCC)CC(O)CCCCCCCN(C)CCCCCCCC(=O)OC(CCCCCCCC)CCCCCCCC. The number of unbranched alkanes of at least 4 members (excludes halogenated alkanes) is 28. The summed E-state index contributed by atoms with van der Waals surface area (Å²) in [6, 6.07) is 0. The van der Waals surface area contributed by atoms with Gasteiger partial charge >= 0.3 is 5.97 Å². The van der Waals surface area contributed by atoms with E-state index in [-0.39, 0.29) is 18.2 Å². The average Bonchev–Trinajstić information content (AvgIpc) is 3.19. The monoisotopic (exact) mass is 792 g/mol. The summed E-state index contributed by atoms with van der Waals surface area (Å²) < 4.78 is 6.05. The first-order valence-corrected chi connectivity index (χ1v) is 26.0. The molecule has 0 radical (unpaired) electrons. The van der Waals surface area contributed by atoms with Crippen LogP contribution in [0.5, 0.6) is 0 Å². The van der Waals surface area contributed by atoms with Crippen molar-refractivity contribution in [3.8, 4) is 0 Å². The van der Waals surface area contributed by atoms with Crippen LogP contribution in [0.1, 0.15) is 291 Å². The Bertz CT molecular complexity index is 726. The molecule has 0 heterocycles. The van der Waals surface area contributed by atoms with Crippen molar-refractivity contribution >= 4 is 5.97 Å². The topological polar surface area (TPSA) is 49.8 Å². The summed E-state index contributed by atoms with van der Waals surface area (Å²) in [5, 5.41) is 10.9. The van der Waals surface area contributed by atoms with Crippen molar-refractivity contribution in [1.29, 1.82) is 0 Å². The molecule has 4 heteroatoms. The van der Waals surface area contributed by atoms with E-state index in [9.17, 15) is 9.90 Å². The lowest BCUT2D eigenvalue weighted by Gasteiger charge is -2.21. The summed E-state index contributed by atoms with van der Waals surface area (Å²) in [6.07, 6.45) is 51.9. The molecule has 0 saturated heterocycles. The standard InChI is InChI=1S/C52H105NO3/c1-6-10-14-18-24-32-40-49(41-33-25-19-15-11-7-2)48-50(54)42-34-26-22-30-38-46-53(5)47-39-31-23-29-37-45-52(55)56-51(43-35-27-20-16-12-8-3)44-36-28-21-17-13-9-4/h49-51,54H,6-48H2,1-5H3. The van der Waals surface area contributed by atoms with Gasteiger partial charge in [0.05, 0.1) is 6.10 Å². The Morgan fingerprint density at radius 2 is 0.750 bits per heavy atom. The quantitative estimate of drug-likeness (QED) is 0.0493. The molecule has 0 aromatic heterocycles. The van der Waals surface area contributed by atoms with Crippen LogP contribution < -0.4 is 0 Å². The molecule has 0 aliphatic carbocycles. The normalized spacial score (nSPS) is 12.4. The Hall–Kier alpha value is -0.610. The first-order valence-electron chi connectivity index (χ1n) is 26.0. The molecule has 0 amide bonds. The predicted octanol–water partition coefficient (Wildman–Crippen LogP) is 16.9. The van der Waals surface area contributed by atoms with Crippen LogP contribution in [0.2, 0.25) is 0 Å². The second-order valence-electron chi connectivity index (χ2n) is 18.5. The molecule has 0 aliphatic rings. The maximum absolute atomic E-state index is 12.7. The third kappa shape index (κ3) is 41.5. The molecule has 0 aromatic carbocycles. The zero-order valence-electron chi connectivity index (χ0n) is 39.3. The number of carbonyl (C=O) groups excluding carboxylic acids is 1. The third-order valence-electron chi connectivity index (χ3n) is 12.6. The zero-order chi connectivity index (χ0) is 41.0. The molecule has 0 rings (SSSR count). The van der Waals surface area contributed by atoms with E-state index in [4.69, 9.17) is 4.74 Å². The van der Waals surface area contributed by atoms with Gasteiger partial charge in [-0.3, -0.25) is 4.79 Å². The number of ether oxygens (including phenoxy) is 1. The number of hydrogen-bond acceptors (Lipinski definition) is 4. The number of carbonyl (C=O) groups is 1. The van der Waals surface area contributed by atoms with E-state index >= 15 is 0 Å². The van der Waals surface area contributed by atoms with Gasteiger partial charge in [0.15, 0.2) is 0 Å². The first kappa shape index (κ1) is 55.4. The average molecular weight is 792 g/mol. The highest BCUT2D eigenvalue weighted by molar-refractivity contribution is 5.69. The number of rotatable bonds is 47. The van der Waals surface area contributed by atoms with Gasteiger partial charge in [0.1, 0.15) is 6.10 Å². The number of aliphatic hydroxyl groups is 1. The van der Waals surface area contributed by atoms with Crippen molar-refractivity contribution < 1.29 is 14.6 Å². The Balaban J connectivity index is 4.02. The van der Waals surface area contributed by atoms with Crippen LogP contribution in [-0.2, 0) is 9.53 Å². The van der Waals surface area contributed by atoms with Gasteiger partial charge in [-0.15, -0.1) is 0 Å². The highest BCUT2D eigenvalue weighted by Crippen LogP contribution is 2.25. The summed E-state index contributed by atoms with van der Waals surface area (Å²) in [5.74, 6) is 0.785. The second kappa shape index (κ2) is 45.5. The molecule has 0 aromatic rings. The highest BCUT2D eigenvalue weighted by atomic mass is 16.5. The molecule has 336 valence electrons. The Kier molecular flexibility index (Phi) is 45.0. The Labute approximate surface area is 353 Å². The van der Waals surface area contributed by atoms with E-state index in [1.807, 2.05) is 0 Å². The minimum Gasteiger partial charge on any atom is -0.462 e. The van der Waals surface area contributed by atoms with Gasteiger partial charge in [-0.05, 0) is 83.8 Å². The van der Waals surface area contributed by atoms with E-state index in [0.717, 1.165) is 44.4 Å². The van der Waals surface area contributed by atoms with E-state index < -0.39 is 0 Å². The molecular weight excluding hydrogens is 687 g/mol. The second-order valence-corrected chi connectivity index (χ2v) is 18.5. The fraction of sp³-hybridized carbons (Fsp3) is 0.981. The van der Waals surface area contributed by atoms with Crippen molar-refractivity contribution in [2.24, 2.45) is 5.92 Å². The van der Waals surface area contributed by atoms with Crippen molar-refractivity contribution in [2.45, 2.75) is 303 Å². The molecule has 1 N–H and O–H groups in total.